The summed E-state index contributed by atoms with van der Waals surface area (Å²) in [5.41, 5.74) is 3.61. The van der Waals surface area contributed by atoms with Gasteiger partial charge >= 0.3 is 0 Å². The fourth-order valence-corrected chi connectivity index (χ4v) is 1.24. The molecule has 0 aliphatic carbocycles. The van der Waals surface area contributed by atoms with Crippen LogP contribution in [0.1, 0.15) is 23.6 Å². The topological polar surface area (TPSA) is 23.9 Å². The predicted octanol–water partition coefficient (Wildman–Crippen LogP) is 2.56. The Morgan fingerprint density at radius 2 is 2.18 bits per heavy atom. The molecule has 0 unspecified atom stereocenters. The van der Waals surface area contributed by atoms with Gasteiger partial charge in [0.2, 0.25) is 0 Å². The minimum absolute atomic E-state index is 1.03. The smallest absolute Gasteiger partial charge is 0.0253 e. The van der Waals surface area contributed by atoms with Gasteiger partial charge in [-0.05, 0) is 30.0 Å². The maximum absolute atomic E-state index is 7.13. The summed E-state index contributed by atoms with van der Waals surface area (Å²) in [6, 6.07) is 6.09. The van der Waals surface area contributed by atoms with Gasteiger partial charge in [-0.2, -0.15) is 0 Å². The second-order valence-electron chi connectivity index (χ2n) is 2.63. The molecule has 0 spiro atoms. The number of hydrogen-bond donors (Lipinski definition) is 1. The van der Waals surface area contributed by atoms with Crippen LogP contribution in [-0.4, -0.2) is 6.21 Å². The van der Waals surface area contributed by atoms with Gasteiger partial charge in [-0.25, -0.2) is 0 Å². The summed E-state index contributed by atoms with van der Waals surface area (Å²) in [6.07, 6.45) is 2.46. The van der Waals surface area contributed by atoms with Crippen molar-refractivity contribution < 1.29 is 0 Å². The van der Waals surface area contributed by atoms with Crippen LogP contribution in [0.3, 0.4) is 0 Å². The first kappa shape index (κ1) is 7.99. The summed E-state index contributed by atoms with van der Waals surface area (Å²) in [7, 11) is 0. The summed E-state index contributed by atoms with van der Waals surface area (Å²) >= 11 is 0. The molecule has 1 nitrogen and oxygen atoms in total. The highest BCUT2D eigenvalue weighted by Gasteiger charge is 1.97. The SMILES string of the molecule is CCc1cccc(C=N)c1C. The summed E-state index contributed by atoms with van der Waals surface area (Å²) in [5, 5.41) is 7.13. The van der Waals surface area contributed by atoms with Crippen LogP contribution in [0.15, 0.2) is 18.2 Å². The van der Waals surface area contributed by atoms with Crippen LogP contribution in [0.25, 0.3) is 0 Å². The van der Waals surface area contributed by atoms with Crippen LogP contribution < -0.4 is 0 Å². The van der Waals surface area contributed by atoms with Gasteiger partial charge < -0.3 is 5.41 Å². The Hall–Kier alpha value is -1.11. The van der Waals surface area contributed by atoms with Gasteiger partial charge in [0.05, 0.1) is 0 Å². The number of hydrogen-bond acceptors (Lipinski definition) is 1. The standard InChI is InChI=1S/C10H13N/c1-3-9-5-4-6-10(7-11)8(9)2/h4-7,11H,3H2,1-2H3. The van der Waals surface area contributed by atoms with E-state index in [0.717, 1.165) is 12.0 Å². The molecule has 1 aromatic carbocycles. The van der Waals surface area contributed by atoms with Crippen LogP contribution in [0.2, 0.25) is 0 Å². The summed E-state index contributed by atoms with van der Waals surface area (Å²) in [5.74, 6) is 0. The Kier molecular flexibility index (Phi) is 2.42. The highest BCUT2D eigenvalue weighted by Crippen LogP contribution is 2.11. The summed E-state index contributed by atoms with van der Waals surface area (Å²) in [4.78, 5) is 0. The molecule has 0 amide bonds. The van der Waals surface area contributed by atoms with Crippen molar-refractivity contribution in [1.82, 2.24) is 0 Å². The normalized spacial score (nSPS) is 9.64. The van der Waals surface area contributed by atoms with Crippen molar-refractivity contribution in [2.45, 2.75) is 20.3 Å². The van der Waals surface area contributed by atoms with Gasteiger partial charge in [-0.3, -0.25) is 0 Å². The van der Waals surface area contributed by atoms with Crippen molar-refractivity contribution in [1.29, 1.82) is 5.41 Å². The number of aryl methyl sites for hydroxylation is 1. The molecule has 0 aliphatic heterocycles. The van der Waals surface area contributed by atoms with Gasteiger partial charge in [0.15, 0.2) is 0 Å². The van der Waals surface area contributed by atoms with E-state index < -0.39 is 0 Å². The maximum Gasteiger partial charge on any atom is 0.0253 e. The van der Waals surface area contributed by atoms with Crippen molar-refractivity contribution in [3.05, 3.63) is 34.9 Å². The fraction of sp³-hybridized carbons (Fsp3) is 0.300. The molecule has 58 valence electrons. The average Bonchev–Trinajstić information content (AvgIpc) is 2.05. The molecule has 1 N–H and O–H groups in total. The molecule has 1 rings (SSSR count). The van der Waals surface area contributed by atoms with E-state index in [0.29, 0.717) is 0 Å². The van der Waals surface area contributed by atoms with E-state index in [-0.39, 0.29) is 0 Å². The van der Waals surface area contributed by atoms with Crippen LogP contribution >= 0.6 is 0 Å². The molecule has 0 aromatic heterocycles. The van der Waals surface area contributed by atoms with Crippen molar-refractivity contribution in [2.24, 2.45) is 0 Å². The van der Waals surface area contributed by atoms with Crippen molar-refractivity contribution in [3.8, 4) is 0 Å². The third-order valence-corrected chi connectivity index (χ3v) is 2.02. The number of benzene rings is 1. The van der Waals surface area contributed by atoms with E-state index in [1.165, 1.54) is 17.3 Å². The first-order valence-electron chi connectivity index (χ1n) is 3.88. The largest absolute Gasteiger partial charge is 0.308 e. The van der Waals surface area contributed by atoms with E-state index in [9.17, 15) is 0 Å². The van der Waals surface area contributed by atoms with Crippen LogP contribution in [0, 0.1) is 12.3 Å². The Labute approximate surface area is 67.6 Å². The minimum atomic E-state index is 1.03. The third-order valence-electron chi connectivity index (χ3n) is 2.02. The van der Waals surface area contributed by atoms with Crippen LogP contribution in [-0.2, 0) is 6.42 Å². The molecular formula is C10H13N. The predicted molar refractivity (Wildman–Crippen MR) is 48.4 cm³/mol. The van der Waals surface area contributed by atoms with Gasteiger partial charge in [0, 0.05) is 6.21 Å². The molecule has 0 heterocycles. The average molecular weight is 147 g/mol. The Morgan fingerprint density at radius 1 is 1.45 bits per heavy atom. The molecule has 0 saturated carbocycles. The monoisotopic (exact) mass is 147 g/mol. The number of nitrogens with one attached hydrogen (secondary N) is 1. The third kappa shape index (κ3) is 1.48. The van der Waals surface area contributed by atoms with E-state index in [1.807, 2.05) is 12.1 Å². The molecular weight excluding hydrogens is 134 g/mol. The van der Waals surface area contributed by atoms with Crippen molar-refractivity contribution >= 4 is 6.21 Å². The summed E-state index contributed by atoms with van der Waals surface area (Å²) in [6.45, 7) is 4.20. The van der Waals surface area contributed by atoms with E-state index in [1.54, 1.807) is 0 Å². The lowest BCUT2D eigenvalue weighted by molar-refractivity contribution is 1.11. The zero-order valence-corrected chi connectivity index (χ0v) is 7.02. The highest BCUT2D eigenvalue weighted by atomic mass is 14.3. The quantitative estimate of drug-likeness (QED) is 0.622. The fourth-order valence-electron chi connectivity index (χ4n) is 1.24. The molecule has 0 bridgehead atoms. The Bertz CT molecular complexity index is 264. The van der Waals surface area contributed by atoms with E-state index in [4.69, 9.17) is 5.41 Å². The Balaban J connectivity index is 3.20. The summed E-state index contributed by atoms with van der Waals surface area (Å²) < 4.78 is 0. The lowest BCUT2D eigenvalue weighted by Gasteiger charge is -2.04. The molecule has 1 aromatic rings. The molecule has 0 atom stereocenters. The highest BCUT2D eigenvalue weighted by molar-refractivity contribution is 5.79. The van der Waals surface area contributed by atoms with Gasteiger partial charge in [-0.1, -0.05) is 25.1 Å². The zero-order chi connectivity index (χ0) is 8.27. The molecule has 11 heavy (non-hydrogen) atoms. The van der Waals surface area contributed by atoms with Gasteiger partial charge in [0.25, 0.3) is 0 Å². The van der Waals surface area contributed by atoms with Crippen molar-refractivity contribution in [3.63, 3.8) is 0 Å². The van der Waals surface area contributed by atoms with Crippen molar-refractivity contribution in [2.75, 3.05) is 0 Å². The van der Waals surface area contributed by atoms with Gasteiger partial charge in [-0.15, -0.1) is 0 Å². The lowest BCUT2D eigenvalue weighted by atomic mass is 10.0. The molecule has 0 saturated heterocycles. The second-order valence-corrected chi connectivity index (χ2v) is 2.63. The maximum atomic E-state index is 7.13. The zero-order valence-electron chi connectivity index (χ0n) is 7.02. The van der Waals surface area contributed by atoms with Crippen LogP contribution in [0.5, 0.6) is 0 Å². The first-order chi connectivity index (χ1) is 5.29. The van der Waals surface area contributed by atoms with E-state index >= 15 is 0 Å². The minimum Gasteiger partial charge on any atom is -0.308 e. The molecule has 1 heteroatoms. The molecule has 0 fully saturated rings. The Morgan fingerprint density at radius 3 is 2.73 bits per heavy atom. The molecule has 0 radical (unpaired) electrons. The molecule has 0 aliphatic rings. The first-order valence-corrected chi connectivity index (χ1v) is 3.88. The van der Waals surface area contributed by atoms with Gasteiger partial charge in [0.1, 0.15) is 0 Å². The second kappa shape index (κ2) is 3.33. The lowest BCUT2D eigenvalue weighted by Crippen LogP contribution is -1.91. The number of rotatable bonds is 2. The van der Waals surface area contributed by atoms with Crippen LogP contribution in [0.4, 0.5) is 0 Å². The van der Waals surface area contributed by atoms with E-state index in [2.05, 4.69) is 19.9 Å².